The summed E-state index contributed by atoms with van der Waals surface area (Å²) >= 11 is 0. The van der Waals surface area contributed by atoms with Crippen LogP contribution in [0.2, 0.25) is 0 Å². The lowest BCUT2D eigenvalue weighted by Crippen LogP contribution is -2.45. The normalized spacial score (nSPS) is 21.0. The van der Waals surface area contributed by atoms with Gasteiger partial charge in [0.2, 0.25) is 0 Å². The minimum Gasteiger partial charge on any atom is -0.486 e. The molecule has 260 valence electrons. The number of carbonyl (C=O) groups excluding carboxylic acids is 1. The van der Waals surface area contributed by atoms with Crippen molar-refractivity contribution >= 4 is 17.4 Å². The minimum absolute atomic E-state index is 0.218. The largest absolute Gasteiger partial charge is 0.486 e. The molecule has 5 heterocycles. The molecule has 9 nitrogen and oxygen atoms in total. The third-order valence-corrected chi connectivity index (χ3v) is 9.05. The lowest BCUT2D eigenvalue weighted by molar-refractivity contribution is -0.166. The van der Waals surface area contributed by atoms with Gasteiger partial charge < -0.3 is 23.8 Å². The summed E-state index contributed by atoms with van der Waals surface area (Å²) in [7, 11) is 0. The fraction of sp³-hybridized carbons (Fsp3) is 0.462. The molecule has 49 heavy (non-hydrogen) atoms. The number of piperidine rings is 1. The standard InChI is InChI=1S/C39H47FN4O5/c1-9-46-37(45)35(49-38(5,6)7)33-26(4)41-32-23-30-27-13-10-14-28(22-27)34-29(40)20-24(2)21-31(34)48-25(3)12-11-19-47-39(8)15-17-43(18-16-39)36(33)44(32)42-30/h10-14,20-23,25,35H,9,15-19H2,1-8H3/b12-11-/t25-,35-/m0/s1. The smallest absolute Gasteiger partial charge is 0.340 e. The van der Waals surface area contributed by atoms with E-state index in [2.05, 4.69) is 11.8 Å². The van der Waals surface area contributed by atoms with Crippen LogP contribution in [0.5, 0.6) is 5.75 Å². The van der Waals surface area contributed by atoms with E-state index in [-0.39, 0.29) is 24.1 Å². The van der Waals surface area contributed by atoms with E-state index in [0.717, 1.165) is 29.8 Å². The van der Waals surface area contributed by atoms with E-state index in [1.807, 2.05) is 94.6 Å². The van der Waals surface area contributed by atoms with Crippen LogP contribution in [0, 0.1) is 19.7 Å². The number of aryl methyl sites for hydroxylation is 2. The van der Waals surface area contributed by atoms with Crippen molar-refractivity contribution in [2.45, 2.75) is 91.6 Å². The zero-order valence-electron chi connectivity index (χ0n) is 29.8. The first-order chi connectivity index (χ1) is 23.2. The number of ether oxygens (including phenoxy) is 4. The summed E-state index contributed by atoms with van der Waals surface area (Å²) in [6.45, 7) is 17.3. The number of fused-ring (bicyclic) bond motifs is 6. The molecule has 0 radical (unpaired) electrons. The molecule has 2 aromatic heterocycles. The van der Waals surface area contributed by atoms with Crippen LogP contribution in [0.4, 0.5) is 10.2 Å². The van der Waals surface area contributed by atoms with Gasteiger partial charge in [-0.15, -0.1) is 0 Å². The SMILES string of the molecule is CCOC(=O)[C@@H](OC(C)(C)C)c1c(C)nc2cc3nn2c1N1CCC(C)(CC1)OC/C=C\[C@H](C)Oc1cc(C)cc(F)c1-c1cccc-3c1. The average molecular weight is 671 g/mol. The monoisotopic (exact) mass is 670 g/mol. The number of carbonyl (C=O) groups is 1. The highest BCUT2D eigenvalue weighted by Gasteiger charge is 2.38. The molecule has 3 aliphatic rings. The molecule has 3 aliphatic heterocycles. The number of benzene rings is 2. The molecule has 2 atom stereocenters. The van der Waals surface area contributed by atoms with Gasteiger partial charge in [0.15, 0.2) is 11.8 Å². The molecule has 0 amide bonds. The van der Waals surface area contributed by atoms with Crippen molar-refractivity contribution in [3.8, 4) is 28.1 Å². The molecule has 2 aromatic carbocycles. The summed E-state index contributed by atoms with van der Waals surface area (Å²) in [4.78, 5) is 20.8. The topological polar surface area (TPSA) is 87.4 Å². The zero-order chi connectivity index (χ0) is 35.1. The number of hydrogen-bond donors (Lipinski definition) is 0. The van der Waals surface area contributed by atoms with Crippen LogP contribution in [-0.2, 0) is 19.0 Å². The van der Waals surface area contributed by atoms with Gasteiger partial charge in [-0.25, -0.2) is 14.2 Å². The Labute approximate surface area is 288 Å². The Morgan fingerprint density at radius 2 is 1.86 bits per heavy atom. The first-order valence-corrected chi connectivity index (χ1v) is 17.1. The average Bonchev–Trinajstić information content (AvgIpc) is 3.45. The lowest BCUT2D eigenvalue weighted by Gasteiger charge is -2.41. The minimum atomic E-state index is -1.02. The van der Waals surface area contributed by atoms with Crippen LogP contribution in [0.15, 0.2) is 54.6 Å². The van der Waals surface area contributed by atoms with Gasteiger partial charge in [0.25, 0.3) is 0 Å². The maximum absolute atomic E-state index is 15.7. The summed E-state index contributed by atoms with van der Waals surface area (Å²) in [5.74, 6) is 0.365. The van der Waals surface area contributed by atoms with Crippen LogP contribution in [-0.4, -0.2) is 64.2 Å². The quantitative estimate of drug-likeness (QED) is 0.160. The van der Waals surface area contributed by atoms with Crippen LogP contribution in [0.3, 0.4) is 0 Å². The molecular formula is C39H47FN4O5. The molecule has 0 spiro atoms. The third kappa shape index (κ3) is 7.35. The molecule has 6 bridgehead atoms. The summed E-state index contributed by atoms with van der Waals surface area (Å²) < 4.78 is 42.3. The summed E-state index contributed by atoms with van der Waals surface area (Å²) in [6, 6.07) is 13.0. The third-order valence-electron chi connectivity index (χ3n) is 9.05. The summed E-state index contributed by atoms with van der Waals surface area (Å²) in [5.41, 5.74) is 4.16. The second-order valence-electron chi connectivity index (χ2n) is 14.3. The number of rotatable bonds is 4. The van der Waals surface area contributed by atoms with Crippen molar-refractivity contribution in [1.29, 1.82) is 0 Å². The van der Waals surface area contributed by atoms with Crippen molar-refractivity contribution in [2.24, 2.45) is 0 Å². The fourth-order valence-corrected chi connectivity index (χ4v) is 6.65. The fourth-order valence-electron chi connectivity index (χ4n) is 6.65. The van der Waals surface area contributed by atoms with Gasteiger partial charge in [0.05, 0.1) is 41.2 Å². The molecule has 7 rings (SSSR count). The molecule has 0 saturated carbocycles. The Balaban J connectivity index is 1.58. The highest BCUT2D eigenvalue weighted by atomic mass is 19.1. The molecule has 0 N–H and O–H groups in total. The Bertz CT molecular complexity index is 1890. The van der Waals surface area contributed by atoms with Gasteiger partial charge in [-0.3, -0.25) is 0 Å². The van der Waals surface area contributed by atoms with E-state index >= 15 is 4.39 Å². The van der Waals surface area contributed by atoms with Gasteiger partial charge in [-0.1, -0.05) is 24.3 Å². The second kappa shape index (κ2) is 13.6. The first kappa shape index (κ1) is 34.6. The number of esters is 1. The zero-order valence-corrected chi connectivity index (χ0v) is 29.8. The molecular weight excluding hydrogens is 623 g/mol. The van der Waals surface area contributed by atoms with Crippen molar-refractivity contribution < 1.29 is 28.1 Å². The molecule has 0 aliphatic carbocycles. The van der Waals surface area contributed by atoms with Crippen LogP contribution in [0.1, 0.15) is 77.3 Å². The van der Waals surface area contributed by atoms with Crippen LogP contribution >= 0.6 is 0 Å². The molecule has 4 aromatic rings. The van der Waals surface area contributed by atoms with Crippen molar-refractivity contribution in [2.75, 3.05) is 31.2 Å². The van der Waals surface area contributed by atoms with E-state index in [9.17, 15) is 4.79 Å². The van der Waals surface area contributed by atoms with Crippen LogP contribution < -0.4 is 9.64 Å². The lowest BCUT2D eigenvalue weighted by atomic mass is 9.92. The maximum Gasteiger partial charge on any atom is 0.340 e. The summed E-state index contributed by atoms with van der Waals surface area (Å²) in [5, 5.41) is 5.11. The van der Waals surface area contributed by atoms with E-state index < -0.39 is 17.7 Å². The van der Waals surface area contributed by atoms with E-state index in [1.54, 1.807) is 6.92 Å². The molecule has 1 saturated heterocycles. The predicted octanol–water partition coefficient (Wildman–Crippen LogP) is 7.95. The number of halogens is 1. The summed E-state index contributed by atoms with van der Waals surface area (Å²) in [6.07, 6.45) is 4.09. The number of aromatic nitrogens is 3. The first-order valence-electron chi connectivity index (χ1n) is 17.1. The van der Waals surface area contributed by atoms with Crippen molar-refractivity contribution in [1.82, 2.24) is 14.6 Å². The Hall–Kier alpha value is -4.28. The van der Waals surface area contributed by atoms with Crippen LogP contribution in [0.25, 0.3) is 28.0 Å². The van der Waals surface area contributed by atoms with E-state index in [4.69, 9.17) is 29.0 Å². The Kier molecular flexibility index (Phi) is 9.57. The highest BCUT2D eigenvalue weighted by molar-refractivity contribution is 5.81. The van der Waals surface area contributed by atoms with Crippen molar-refractivity contribution in [3.63, 3.8) is 0 Å². The van der Waals surface area contributed by atoms with Gasteiger partial charge in [-0.2, -0.15) is 9.61 Å². The van der Waals surface area contributed by atoms with Gasteiger partial charge in [0, 0.05) is 30.4 Å². The number of nitrogens with zero attached hydrogens (tertiary/aromatic N) is 4. The predicted molar refractivity (Wildman–Crippen MR) is 189 cm³/mol. The Morgan fingerprint density at radius 3 is 2.57 bits per heavy atom. The molecule has 10 heteroatoms. The second-order valence-corrected chi connectivity index (χ2v) is 14.3. The maximum atomic E-state index is 15.7. The number of hydrogen-bond acceptors (Lipinski definition) is 8. The van der Waals surface area contributed by atoms with Gasteiger partial charge in [0.1, 0.15) is 23.5 Å². The van der Waals surface area contributed by atoms with Crippen molar-refractivity contribution in [3.05, 3.63) is 77.3 Å². The molecule has 1 fully saturated rings. The Morgan fingerprint density at radius 1 is 1.12 bits per heavy atom. The van der Waals surface area contributed by atoms with E-state index in [1.165, 1.54) is 6.07 Å². The molecule has 0 unspecified atom stereocenters. The van der Waals surface area contributed by atoms with E-state index in [0.29, 0.717) is 59.2 Å². The number of anilines is 1. The highest BCUT2D eigenvalue weighted by Crippen LogP contribution is 2.40. The van der Waals surface area contributed by atoms with Gasteiger partial charge in [-0.05, 0) is 104 Å². The van der Waals surface area contributed by atoms with Gasteiger partial charge >= 0.3 is 5.97 Å².